The number of rotatable bonds is 3. The zero-order chi connectivity index (χ0) is 21.9. The maximum atomic E-state index is 5.28. The summed E-state index contributed by atoms with van der Waals surface area (Å²) in [4.78, 5) is 3.30. The van der Waals surface area contributed by atoms with Gasteiger partial charge in [-0.3, -0.25) is 0 Å². The lowest BCUT2D eigenvalue weighted by atomic mass is 10.1. The monoisotopic (exact) mass is 401 g/mol. The topological polar surface area (TPSA) is 34.2 Å². The van der Waals surface area contributed by atoms with Crippen molar-refractivity contribution in [1.82, 2.24) is 4.98 Å². The first-order valence-corrected chi connectivity index (χ1v) is 9.90. The number of fused-ring (bicyclic) bond motifs is 1. The third-order valence-corrected chi connectivity index (χ3v) is 4.63. The molecule has 4 aromatic rings. The Hall–Kier alpha value is -3.46. The number of methoxy groups -OCH3 is 2. The molecule has 0 saturated carbocycles. The molecule has 3 aromatic carbocycles. The zero-order valence-corrected chi connectivity index (χ0v) is 18.5. The molecule has 1 N–H and O–H groups in total. The number of aromatic amines is 1. The number of hydrogen-bond acceptors (Lipinski definition) is 2. The van der Waals surface area contributed by atoms with Crippen LogP contribution in [0.3, 0.4) is 0 Å². The summed E-state index contributed by atoms with van der Waals surface area (Å²) < 4.78 is 10.5. The minimum Gasteiger partial charge on any atom is -0.493 e. The summed E-state index contributed by atoms with van der Waals surface area (Å²) in [5.41, 5.74) is 5.88. The van der Waals surface area contributed by atoms with Crippen LogP contribution in [0, 0.1) is 20.8 Å². The Balaban J connectivity index is 0.000000188. The van der Waals surface area contributed by atoms with Gasteiger partial charge in [0.25, 0.3) is 0 Å². The van der Waals surface area contributed by atoms with Crippen LogP contribution in [0.2, 0.25) is 0 Å². The van der Waals surface area contributed by atoms with E-state index in [2.05, 4.69) is 49.7 Å². The molecule has 0 bridgehead atoms. The molecule has 3 heteroatoms. The number of ether oxygens (including phenoxy) is 2. The van der Waals surface area contributed by atoms with E-state index in [4.69, 9.17) is 9.47 Å². The number of hydrogen-bond donors (Lipinski definition) is 1. The highest BCUT2D eigenvalue weighted by molar-refractivity contribution is 5.92. The van der Waals surface area contributed by atoms with Crippen molar-refractivity contribution < 1.29 is 9.47 Å². The van der Waals surface area contributed by atoms with Gasteiger partial charge < -0.3 is 14.5 Å². The van der Waals surface area contributed by atoms with Crippen molar-refractivity contribution in [3.8, 4) is 11.5 Å². The van der Waals surface area contributed by atoms with Gasteiger partial charge in [0.05, 0.1) is 19.7 Å². The molecule has 0 unspecified atom stereocenters. The second-order valence-corrected chi connectivity index (χ2v) is 6.93. The lowest BCUT2D eigenvalue weighted by Crippen LogP contribution is -1.90. The van der Waals surface area contributed by atoms with Crippen LogP contribution in [-0.2, 0) is 0 Å². The summed E-state index contributed by atoms with van der Waals surface area (Å²) >= 11 is 0. The van der Waals surface area contributed by atoms with Gasteiger partial charge in [0, 0.05) is 22.7 Å². The first-order valence-electron chi connectivity index (χ1n) is 9.90. The molecule has 0 atom stereocenters. The number of nitrogens with one attached hydrogen (secondary N) is 1. The van der Waals surface area contributed by atoms with E-state index in [1.165, 1.54) is 11.1 Å². The van der Waals surface area contributed by atoms with E-state index in [9.17, 15) is 0 Å². The summed E-state index contributed by atoms with van der Waals surface area (Å²) in [6, 6.07) is 24.4. The van der Waals surface area contributed by atoms with Gasteiger partial charge in [-0.05, 0) is 26.8 Å². The normalized spacial score (nSPS) is 9.63. The lowest BCUT2D eigenvalue weighted by molar-refractivity contribution is 0.356. The third kappa shape index (κ3) is 6.28. The largest absolute Gasteiger partial charge is 0.493 e. The Morgan fingerprint density at radius 1 is 0.733 bits per heavy atom. The Kier molecular flexibility index (Phi) is 8.76. The molecule has 0 aliphatic carbocycles. The molecule has 0 aliphatic heterocycles. The summed E-state index contributed by atoms with van der Waals surface area (Å²) in [6.07, 6.45) is 1.85. The Bertz CT molecular complexity index is 1010. The molecule has 0 saturated heterocycles. The Labute approximate surface area is 180 Å². The number of aromatic nitrogens is 1. The molecule has 156 valence electrons. The van der Waals surface area contributed by atoms with Gasteiger partial charge in [-0.1, -0.05) is 84.4 Å². The molecule has 1 heterocycles. The molecule has 0 radical (unpaired) electrons. The fourth-order valence-corrected chi connectivity index (χ4v) is 3.01. The van der Waals surface area contributed by atoms with Gasteiger partial charge >= 0.3 is 0 Å². The molecule has 1 aromatic heterocycles. The molecule has 0 aliphatic rings. The van der Waals surface area contributed by atoms with Gasteiger partial charge in [-0.25, -0.2) is 0 Å². The lowest BCUT2D eigenvalue weighted by Gasteiger charge is -2.07. The highest BCUT2D eigenvalue weighted by Gasteiger charge is 2.11. The summed E-state index contributed by atoms with van der Waals surface area (Å²) in [7, 11) is 3.27. The van der Waals surface area contributed by atoms with Crippen molar-refractivity contribution in [1.29, 1.82) is 0 Å². The molecule has 4 rings (SSSR count). The van der Waals surface area contributed by atoms with E-state index in [0.717, 1.165) is 33.7 Å². The van der Waals surface area contributed by atoms with Crippen LogP contribution in [0.1, 0.15) is 22.4 Å². The number of H-pyrrole nitrogens is 1. The quantitative estimate of drug-likeness (QED) is 0.396. The van der Waals surface area contributed by atoms with E-state index in [1.54, 1.807) is 14.2 Å². The van der Waals surface area contributed by atoms with Crippen molar-refractivity contribution in [3.63, 3.8) is 0 Å². The predicted octanol–water partition coefficient (Wildman–Crippen LogP) is 7.13. The fraction of sp³-hybridized carbons (Fsp3) is 0.185. The predicted molar refractivity (Wildman–Crippen MR) is 129 cm³/mol. The molecule has 0 spiro atoms. The molecule has 3 nitrogen and oxygen atoms in total. The molecule has 0 amide bonds. The SMILES string of the molecule is C=Cc1c(C)[nH]c2cc(OC)c(OC)cc12.Cc1ccccc1.Cc1ccccc1. The van der Waals surface area contributed by atoms with Crippen molar-refractivity contribution in [2.45, 2.75) is 20.8 Å². The van der Waals surface area contributed by atoms with Crippen LogP contribution in [0.15, 0.2) is 79.4 Å². The van der Waals surface area contributed by atoms with Crippen molar-refractivity contribution in [2.24, 2.45) is 0 Å². The van der Waals surface area contributed by atoms with E-state index >= 15 is 0 Å². The minimum atomic E-state index is 0.729. The molecule has 30 heavy (non-hydrogen) atoms. The minimum absolute atomic E-state index is 0.729. The number of aryl methyl sites for hydroxylation is 3. The fourth-order valence-electron chi connectivity index (χ4n) is 3.01. The van der Waals surface area contributed by atoms with Crippen molar-refractivity contribution >= 4 is 17.0 Å². The van der Waals surface area contributed by atoms with E-state index < -0.39 is 0 Å². The van der Waals surface area contributed by atoms with Crippen LogP contribution < -0.4 is 9.47 Å². The number of benzene rings is 3. The average molecular weight is 402 g/mol. The van der Waals surface area contributed by atoms with Crippen LogP contribution in [-0.4, -0.2) is 19.2 Å². The molecule has 0 fully saturated rings. The molecular formula is C27H31NO2. The van der Waals surface area contributed by atoms with Gasteiger partial charge in [0.15, 0.2) is 11.5 Å². The van der Waals surface area contributed by atoms with Gasteiger partial charge in [-0.15, -0.1) is 0 Å². The summed E-state index contributed by atoms with van der Waals surface area (Å²) in [5.74, 6) is 1.46. The van der Waals surface area contributed by atoms with Gasteiger partial charge in [-0.2, -0.15) is 0 Å². The second kappa shape index (κ2) is 11.5. The maximum Gasteiger partial charge on any atom is 0.162 e. The zero-order valence-electron chi connectivity index (χ0n) is 18.5. The van der Waals surface area contributed by atoms with Gasteiger partial charge in [0.2, 0.25) is 0 Å². The summed E-state index contributed by atoms with van der Waals surface area (Å²) in [5, 5.41) is 1.10. The van der Waals surface area contributed by atoms with Crippen molar-refractivity contribution in [3.05, 3.63) is 102 Å². The van der Waals surface area contributed by atoms with Crippen LogP contribution in [0.4, 0.5) is 0 Å². The van der Waals surface area contributed by atoms with Crippen LogP contribution in [0.5, 0.6) is 11.5 Å². The van der Waals surface area contributed by atoms with Crippen LogP contribution in [0.25, 0.3) is 17.0 Å². The highest BCUT2D eigenvalue weighted by Crippen LogP contribution is 2.34. The Morgan fingerprint density at radius 3 is 1.57 bits per heavy atom. The first kappa shape index (κ1) is 22.8. The van der Waals surface area contributed by atoms with E-state index in [-0.39, 0.29) is 0 Å². The van der Waals surface area contributed by atoms with E-state index in [1.807, 2.05) is 61.5 Å². The standard InChI is InChI=1S/C13H15NO2.2C7H8/c1-5-9-8(2)14-11-7-13(16-4)12(15-3)6-10(9)11;2*1-7-5-3-2-4-6-7/h5-7,14H,1H2,2-4H3;2*2-6H,1H3. The third-order valence-electron chi connectivity index (χ3n) is 4.63. The maximum absolute atomic E-state index is 5.28. The van der Waals surface area contributed by atoms with Crippen LogP contribution >= 0.6 is 0 Å². The highest BCUT2D eigenvalue weighted by atomic mass is 16.5. The van der Waals surface area contributed by atoms with Crippen molar-refractivity contribution in [2.75, 3.05) is 14.2 Å². The second-order valence-electron chi connectivity index (χ2n) is 6.93. The Morgan fingerprint density at radius 2 is 1.20 bits per heavy atom. The molecular weight excluding hydrogens is 370 g/mol. The van der Waals surface area contributed by atoms with E-state index in [0.29, 0.717) is 0 Å². The first-order chi connectivity index (χ1) is 14.5. The smallest absolute Gasteiger partial charge is 0.162 e. The van der Waals surface area contributed by atoms with Gasteiger partial charge in [0.1, 0.15) is 0 Å². The summed E-state index contributed by atoms with van der Waals surface area (Å²) in [6.45, 7) is 10.0. The average Bonchev–Trinajstić information content (AvgIpc) is 3.08.